The van der Waals surface area contributed by atoms with E-state index in [1.807, 2.05) is 40.7 Å². The van der Waals surface area contributed by atoms with E-state index in [1.165, 1.54) is 5.56 Å². The zero-order chi connectivity index (χ0) is 13.4. The van der Waals surface area contributed by atoms with Crippen LogP contribution >= 0.6 is 0 Å². The van der Waals surface area contributed by atoms with Gasteiger partial charge in [0.05, 0.1) is 0 Å². The fraction of sp³-hybridized carbons (Fsp3) is 0.571. The second-order valence-corrected chi connectivity index (χ2v) is 3.39. The number of aromatic nitrogens is 1. The lowest BCUT2D eigenvalue weighted by Gasteiger charge is -2.24. The predicted octanol–water partition coefficient (Wildman–Crippen LogP) is 3.35. The molecule has 2 heterocycles. The molecule has 2 rings (SSSR count). The van der Waals surface area contributed by atoms with Gasteiger partial charge in [0.15, 0.2) is 0 Å². The van der Waals surface area contributed by atoms with Crippen LogP contribution < -0.4 is 4.90 Å². The molecule has 0 saturated carbocycles. The number of hydrogen-bond acceptors (Lipinski definition) is 2. The van der Waals surface area contributed by atoms with Crippen LogP contribution in [0.4, 0.5) is 5.82 Å². The highest BCUT2D eigenvalue weighted by Gasteiger charge is 2.21. The lowest BCUT2D eigenvalue weighted by molar-refractivity contribution is -0.118. The smallest absolute Gasteiger partial charge is 0.228 e. The van der Waals surface area contributed by atoms with E-state index in [-0.39, 0.29) is 5.91 Å². The standard InChI is InChI=1S/C10H12N2O.2C2H6/c1-7-3-4-8-5-6-9(13)12(2)10(8)11-7;2*1-2/h3-4H,5-6H2,1-2H3;2*1-2H3. The van der Waals surface area contributed by atoms with Gasteiger partial charge >= 0.3 is 0 Å². The monoisotopic (exact) mass is 236 g/mol. The van der Waals surface area contributed by atoms with Crippen LogP contribution in [-0.4, -0.2) is 17.9 Å². The maximum Gasteiger partial charge on any atom is 0.228 e. The average molecular weight is 236 g/mol. The molecular weight excluding hydrogens is 212 g/mol. The van der Waals surface area contributed by atoms with Gasteiger partial charge in [0, 0.05) is 19.2 Å². The number of pyridine rings is 1. The van der Waals surface area contributed by atoms with Gasteiger partial charge in [0.25, 0.3) is 0 Å². The molecule has 0 aliphatic carbocycles. The van der Waals surface area contributed by atoms with Crippen LogP contribution in [0.15, 0.2) is 12.1 Å². The van der Waals surface area contributed by atoms with Crippen molar-refractivity contribution in [3.63, 3.8) is 0 Å². The molecule has 1 aliphatic heterocycles. The Balaban J connectivity index is 0.000000581. The van der Waals surface area contributed by atoms with Gasteiger partial charge in [0.2, 0.25) is 5.91 Å². The van der Waals surface area contributed by atoms with E-state index in [2.05, 4.69) is 11.1 Å². The fourth-order valence-corrected chi connectivity index (χ4v) is 1.58. The Kier molecular flexibility index (Phi) is 7.19. The van der Waals surface area contributed by atoms with Crippen molar-refractivity contribution in [2.75, 3.05) is 11.9 Å². The number of carbonyl (C=O) groups excluding carboxylic acids is 1. The summed E-state index contributed by atoms with van der Waals surface area (Å²) in [6.45, 7) is 9.94. The van der Waals surface area contributed by atoms with Gasteiger partial charge < -0.3 is 0 Å². The molecule has 0 spiro atoms. The number of rotatable bonds is 0. The molecule has 0 unspecified atom stereocenters. The van der Waals surface area contributed by atoms with Crippen LogP contribution in [0.2, 0.25) is 0 Å². The zero-order valence-electron chi connectivity index (χ0n) is 11.9. The lowest BCUT2D eigenvalue weighted by Crippen LogP contribution is -2.32. The lowest BCUT2D eigenvalue weighted by atomic mass is 10.1. The van der Waals surface area contributed by atoms with E-state index < -0.39 is 0 Å². The SMILES string of the molecule is CC.CC.Cc1ccc2c(n1)N(C)C(=O)CC2. The zero-order valence-corrected chi connectivity index (χ0v) is 11.9. The summed E-state index contributed by atoms with van der Waals surface area (Å²) in [6, 6.07) is 4.04. The Morgan fingerprint density at radius 3 is 2.29 bits per heavy atom. The van der Waals surface area contributed by atoms with E-state index in [0.717, 1.165) is 17.9 Å². The van der Waals surface area contributed by atoms with Crippen molar-refractivity contribution in [2.24, 2.45) is 0 Å². The van der Waals surface area contributed by atoms with Crippen LogP contribution in [0.25, 0.3) is 0 Å². The Hall–Kier alpha value is -1.38. The third-order valence-electron chi connectivity index (χ3n) is 2.40. The quantitative estimate of drug-likeness (QED) is 0.692. The van der Waals surface area contributed by atoms with E-state index in [0.29, 0.717) is 6.42 Å². The minimum atomic E-state index is 0.158. The number of aryl methyl sites for hydroxylation is 2. The molecule has 17 heavy (non-hydrogen) atoms. The second-order valence-electron chi connectivity index (χ2n) is 3.39. The number of fused-ring (bicyclic) bond motifs is 1. The van der Waals surface area contributed by atoms with Gasteiger partial charge in [-0.2, -0.15) is 0 Å². The minimum Gasteiger partial charge on any atom is -0.300 e. The highest BCUT2D eigenvalue weighted by atomic mass is 16.2. The number of anilines is 1. The molecule has 1 amide bonds. The Morgan fingerprint density at radius 2 is 1.71 bits per heavy atom. The molecule has 0 radical (unpaired) electrons. The van der Waals surface area contributed by atoms with Crippen molar-refractivity contribution in [3.05, 3.63) is 23.4 Å². The molecule has 1 aromatic rings. The second kappa shape index (κ2) is 7.82. The number of hydrogen-bond donors (Lipinski definition) is 0. The molecule has 1 aliphatic rings. The number of carbonyl (C=O) groups is 1. The van der Waals surface area contributed by atoms with Crippen molar-refractivity contribution >= 4 is 11.7 Å². The van der Waals surface area contributed by atoms with Crippen molar-refractivity contribution in [1.29, 1.82) is 0 Å². The van der Waals surface area contributed by atoms with E-state index >= 15 is 0 Å². The molecule has 96 valence electrons. The first-order valence-corrected chi connectivity index (χ1v) is 6.41. The van der Waals surface area contributed by atoms with Gasteiger partial charge in [-0.05, 0) is 25.0 Å². The van der Waals surface area contributed by atoms with Crippen LogP contribution in [-0.2, 0) is 11.2 Å². The molecular formula is C14H24N2O. The minimum absolute atomic E-state index is 0.158. The van der Waals surface area contributed by atoms with Gasteiger partial charge in [-0.3, -0.25) is 9.69 Å². The molecule has 0 bridgehead atoms. The van der Waals surface area contributed by atoms with Crippen molar-refractivity contribution < 1.29 is 4.79 Å². The Morgan fingerprint density at radius 1 is 1.12 bits per heavy atom. The number of amides is 1. The number of nitrogens with zero attached hydrogens (tertiary/aromatic N) is 2. The van der Waals surface area contributed by atoms with Crippen LogP contribution in [0.5, 0.6) is 0 Å². The summed E-state index contributed by atoms with van der Waals surface area (Å²) in [7, 11) is 1.78. The fourth-order valence-electron chi connectivity index (χ4n) is 1.58. The normalized spacial score (nSPS) is 12.8. The summed E-state index contributed by atoms with van der Waals surface area (Å²) >= 11 is 0. The Bertz CT molecular complexity index is 361. The van der Waals surface area contributed by atoms with Gasteiger partial charge in [0.1, 0.15) is 5.82 Å². The van der Waals surface area contributed by atoms with Gasteiger partial charge in [-0.1, -0.05) is 33.8 Å². The summed E-state index contributed by atoms with van der Waals surface area (Å²) < 4.78 is 0. The summed E-state index contributed by atoms with van der Waals surface area (Å²) in [5.74, 6) is 0.988. The van der Waals surface area contributed by atoms with Crippen molar-refractivity contribution in [1.82, 2.24) is 4.98 Å². The van der Waals surface area contributed by atoms with Crippen LogP contribution in [0, 0.1) is 6.92 Å². The molecule has 0 aromatic carbocycles. The summed E-state index contributed by atoms with van der Waals surface area (Å²) in [5.41, 5.74) is 2.13. The Labute approximate surface area is 105 Å². The maximum absolute atomic E-state index is 11.4. The first-order chi connectivity index (χ1) is 8.18. The predicted molar refractivity (Wildman–Crippen MR) is 73.4 cm³/mol. The molecule has 0 atom stereocenters. The summed E-state index contributed by atoms with van der Waals surface area (Å²) in [6.07, 6.45) is 1.43. The topological polar surface area (TPSA) is 33.2 Å². The van der Waals surface area contributed by atoms with Crippen molar-refractivity contribution in [2.45, 2.75) is 47.5 Å². The molecule has 3 heteroatoms. The largest absolute Gasteiger partial charge is 0.300 e. The van der Waals surface area contributed by atoms with Crippen LogP contribution in [0.3, 0.4) is 0 Å². The van der Waals surface area contributed by atoms with Crippen LogP contribution in [0.1, 0.15) is 45.4 Å². The highest BCUT2D eigenvalue weighted by molar-refractivity contribution is 5.94. The summed E-state index contributed by atoms with van der Waals surface area (Å²) in [5, 5.41) is 0. The van der Waals surface area contributed by atoms with Crippen molar-refractivity contribution in [3.8, 4) is 0 Å². The third kappa shape index (κ3) is 3.84. The van der Waals surface area contributed by atoms with E-state index in [1.54, 1.807) is 11.9 Å². The molecule has 3 nitrogen and oxygen atoms in total. The first kappa shape index (κ1) is 15.6. The maximum atomic E-state index is 11.4. The first-order valence-electron chi connectivity index (χ1n) is 6.41. The van der Waals surface area contributed by atoms with E-state index in [9.17, 15) is 4.79 Å². The van der Waals surface area contributed by atoms with Gasteiger partial charge in [-0.25, -0.2) is 4.98 Å². The third-order valence-corrected chi connectivity index (χ3v) is 2.40. The van der Waals surface area contributed by atoms with E-state index in [4.69, 9.17) is 0 Å². The molecule has 0 saturated heterocycles. The molecule has 0 N–H and O–H groups in total. The average Bonchev–Trinajstić information content (AvgIpc) is 2.39. The van der Waals surface area contributed by atoms with Gasteiger partial charge in [-0.15, -0.1) is 0 Å². The molecule has 1 aromatic heterocycles. The summed E-state index contributed by atoms with van der Waals surface area (Å²) in [4.78, 5) is 17.3. The molecule has 0 fully saturated rings. The highest BCUT2D eigenvalue weighted by Crippen LogP contribution is 2.24.